The molecule has 1 N–H and O–H groups in total. The third kappa shape index (κ3) is 1.35. The number of benzene rings is 1. The van der Waals surface area contributed by atoms with Gasteiger partial charge in [0.05, 0.1) is 0 Å². The van der Waals surface area contributed by atoms with E-state index >= 15 is 0 Å². The highest BCUT2D eigenvalue weighted by Gasteiger charge is 2.80. The Kier molecular flexibility index (Phi) is 2.06. The fourth-order valence-corrected chi connectivity index (χ4v) is 6.46. The summed E-state index contributed by atoms with van der Waals surface area (Å²) in [4.78, 5) is 0. The standard InChI is InChI=1S/C17H20BrN/c18-14-3-1-2-11(5-14)9-19-17-7-12-4-13-8-16(17,10-17)15(13)6-12/h1-3,5,12-13,15,19H,4,6-10H2. The summed E-state index contributed by atoms with van der Waals surface area (Å²) in [6, 6.07) is 8.74. The van der Waals surface area contributed by atoms with Gasteiger partial charge in [0, 0.05) is 16.6 Å². The molecular formula is C17H20BrN. The Labute approximate surface area is 123 Å². The third-order valence-corrected chi connectivity index (χ3v) is 7.22. The van der Waals surface area contributed by atoms with Crippen LogP contribution in [0.25, 0.3) is 0 Å². The fourth-order valence-electron chi connectivity index (χ4n) is 6.01. The van der Waals surface area contributed by atoms with Gasteiger partial charge in [-0.1, -0.05) is 28.1 Å². The molecule has 100 valence electrons. The quantitative estimate of drug-likeness (QED) is 0.884. The van der Waals surface area contributed by atoms with Gasteiger partial charge in [-0.3, -0.25) is 0 Å². The molecule has 5 atom stereocenters. The molecule has 0 heterocycles. The average molecular weight is 318 g/mol. The van der Waals surface area contributed by atoms with Crippen LogP contribution >= 0.6 is 15.9 Å². The van der Waals surface area contributed by atoms with E-state index in [9.17, 15) is 0 Å². The minimum absolute atomic E-state index is 0.538. The van der Waals surface area contributed by atoms with Gasteiger partial charge in [-0.25, -0.2) is 0 Å². The molecule has 0 amide bonds. The zero-order valence-electron chi connectivity index (χ0n) is 11.2. The van der Waals surface area contributed by atoms with Gasteiger partial charge in [0.1, 0.15) is 0 Å². The largest absolute Gasteiger partial charge is 0.307 e. The van der Waals surface area contributed by atoms with Gasteiger partial charge in [0.15, 0.2) is 0 Å². The molecule has 4 saturated carbocycles. The molecule has 5 unspecified atom stereocenters. The number of hydrogen-bond acceptors (Lipinski definition) is 1. The summed E-state index contributed by atoms with van der Waals surface area (Å²) in [6.45, 7) is 1.05. The van der Waals surface area contributed by atoms with Crippen molar-refractivity contribution in [3.63, 3.8) is 0 Å². The van der Waals surface area contributed by atoms with E-state index in [4.69, 9.17) is 0 Å². The Bertz CT molecular complexity index is 556. The molecule has 4 fully saturated rings. The minimum Gasteiger partial charge on any atom is -0.307 e. The predicted octanol–water partition coefficient (Wildman–Crippen LogP) is 4.12. The molecule has 0 radical (unpaired) electrons. The van der Waals surface area contributed by atoms with E-state index < -0.39 is 0 Å². The van der Waals surface area contributed by atoms with Crippen molar-refractivity contribution in [2.45, 2.75) is 44.2 Å². The Morgan fingerprint density at radius 3 is 3.11 bits per heavy atom. The van der Waals surface area contributed by atoms with Crippen LogP contribution in [0.15, 0.2) is 28.7 Å². The lowest BCUT2D eigenvalue weighted by Crippen LogP contribution is -2.48. The lowest BCUT2D eigenvalue weighted by molar-refractivity contribution is 0.0365. The summed E-state index contributed by atoms with van der Waals surface area (Å²) in [5, 5.41) is 3.97. The van der Waals surface area contributed by atoms with E-state index in [1.165, 1.54) is 22.9 Å². The van der Waals surface area contributed by atoms with Crippen molar-refractivity contribution in [2.75, 3.05) is 0 Å². The van der Waals surface area contributed by atoms with E-state index in [1.807, 2.05) is 0 Å². The topological polar surface area (TPSA) is 12.0 Å². The number of hydrogen-bond donors (Lipinski definition) is 1. The lowest BCUT2D eigenvalue weighted by Gasteiger charge is -2.47. The van der Waals surface area contributed by atoms with Crippen LogP contribution in [0.1, 0.15) is 37.7 Å². The Morgan fingerprint density at radius 1 is 1.26 bits per heavy atom. The first-order valence-corrected chi connectivity index (χ1v) is 8.50. The molecule has 1 aromatic rings. The summed E-state index contributed by atoms with van der Waals surface area (Å²) in [5.41, 5.74) is 2.70. The van der Waals surface area contributed by atoms with Crippen molar-refractivity contribution in [1.29, 1.82) is 0 Å². The van der Waals surface area contributed by atoms with E-state index in [-0.39, 0.29) is 0 Å². The molecule has 2 heteroatoms. The van der Waals surface area contributed by atoms with Gasteiger partial charge in [-0.05, 0) is 73.0 Å². The van der Waals surface area contributed by atoms with E-state index in [2.05, 4.69) is 45.5 Å². The number of halogens is 1. The van der Waals surface area contributed by atoms with Crippen molar-refractivity contribution < 1.29 is 0 Å². The monoisotopic (exact) mass is 317 g/mol. The minimum atomic E-state index is 0.538. The molecule has 1 spiro atoms. The third-order valence-electron chi connectivity index (χ3n) is 6.73. The van der Waals surface area contributed by atoms with Crippen LogP contribution in [0.5, 0.6) is 0 Å². The van der Waals surface area contributed by atoms with Gasteiger partial charge in [0.2, 0.25) is 0 Å². The lowest BCUT2D eigenvalue weighted by atomic mass is 9.60. The van der Waals surface area contributed by atoms with Crippen LogP contribution < -0.4 is 5.32 Å². The first-order valence-electron chi connectivity index (χ1n) is 7.70. The molecule has 1 aromatic carbocycles. The maximum absolute atomic E-state index is 3.97. The molecule has 4 aliphatic carbocycles. The van der Waals surface area contributed by atoms with E-state index in [0.717, 1.165) is 29.7 Å². The van der Waals surface area contributed by atoms with Crippen LogP contribution in [-0.4, -0.2) is 5.54 Å². The second kappa shape index (κ2) is 3.46. The highest BCUT2D eigenvalue weighted by Crippen LogP contribution is 2.82. The first kappa shape index (κ1) is 11.3. The summed E-state index contributed by atoms with van der Waals surface area (Å²) < 4.78 is 1.20. The summed E-state index contributed by atoms with van der Waals surface area (Å²) in [7, 11) is 0. The van der Waals surface area contributed by atoms with Crippen LogP contribution in [0.3, 0.4) is 0 Å². The smallest absolute Gasteiger partial charge is 0.0253 e. The Morgan fingerprint density at radius 2 is 2.21 bits per heavy atom. The number of rotatable bonds is 3. The molecular weight excluding hydrogens is 298 g/mol. The van der Waals surface area contributed by atoms with E-state index in [0.29, 0.717) is 5.54 Å². The van der Waals surface area contributed by atoms with Crippen molar-refractivity contribution in [3.05, 3.63) is 34.3 Å². The van der Waals surface area contributed by atoms with E-state index in [1.54, 1.807) is 19.3 Å². The Balaban J connectivity index is 1.36. The van der Waals surface area contributed by atoms with Crippen molar-refractivity contribution in [1.82, 2.24) is 5.32 Å². The van der Waals surface area contributed by atoms with Crippen LogP contribution in [-0.2, 0) is 6.54 Å². The predicted molar refractivity (Wildman–Crippen MR) is 79.7 cm³/mol. The molecule has 0 aliphatic heterocycles. The zero-order chi connectivity index (χ0) is 12.7. The number of fused-ring (bicyclic) bond motifs is 1. The van der Waals surface area contributed by atoms with Crippen LogP contribution in [0.4, 0.5) is 0 Å². The molecule has 5 rings (SSSR count). The summed E-state index contributed by atoms with van der Waals surface area (Å²) in [5.74, 6) is 3.26. The van der Waals surface area contributed by atoms with Gasteiger partial charge in [0.25, 0.3) is 0 Å². The molecule has 19 heavy (non-hydrogen) atoms. The highest BCUT2D eigenvalue weighted by molar-refractivity contribution is 9.10. The second-order valence-corrected chi connectivity index (χ2v) is 8.43. The second-order valence-electron chi connectivity index (χ2n) is 7.51. The number of nitrogens with one attached hydrogen (secondary N) is 1. The molecule has 4 aliphatic rings. The van der Waals surface area contributed by atoms with Crippen molar-refractivity contribution in [2.24, 2.45) is 23.2 Å². The normalized spacial score (nSPS) is 48.6. The van der Waals surface area contributed by atoms with Gasteiger partial charge >= 0.3 is 0 Å². The van der Waals surface area contributed by atoms with Crippen LogP contribution in [0, 0.1) is 23.2 Å². The van der Waals surface area contributed by atoms with Gasteiger partial charge in [-0.15, -0.1) is 0 Å². The summed E-state index contributed by atoms with van der Waals surface area (Å²) >= 11 is 3.57. The maximum Gasteiger partial charge on any atom is 0.0253 e. The average Bonchev–Trinajstić information content (AvgIpc) is 2.98. The zero-order valence-corrected chi connectivity index (χ0v) is 12.7. The SMILES string of the molecule is Brc1cccc(CNC23CC4CC5CC2(C3)C5C4)c1. The summed E-state index contributed by atoms with van der Waals surface area (Å²) in [6.07, 6.45) is 7.59. The maximum atomic E-state index is 3.97. The molecule has 0 saturated heterocycles. The van der Waals surface area contributed by atoms with Crippen molar-refractivity contribution in [3.8, 4) is 0 Å². The molecule has 1 nitrogen and oxygen atoms in total. The fraction of sp³-hybridized carbons (Fsp3) is 0.647. The Hall–Kier alpha value is -0.340. The van der Waals surface area contributed by atoms with Gasteiger partial charge in [-0.2, -0.15) is 0 Å². The van der Waals surface area contributed by atoms with Crippen LogP contribution in [0.2, 0.25) is 0 Å². The molecule has 0 aromatic heterocycles. The molecule has 2 bridgehead atoms. The highest BCUT2D eigenvalue weighted by atomic mass is 79.9. The van der Waals surface area contributed by atoms with Gasteiger partial charge < -0.3 is 5.32 Å². The van der Waals surface area contributed by atoms with Crippen molar-refractivity contribution >= 4 is 15.9 Å². The first-order chi connectivity index (χ1) is 9.21.